The van der Waals surface area contributed by atoms with Crippen molar-refractivity contribution in [2.24, 2.45) is 0 Å². The van der Waals surface area contributed by atoms with E-state index >= 15 is 0 Å². The minimum Gasteiger partial charge on any atom is -0.474 e. The van der Waals surface area contributed by atoms with Crippen LogP contribution < -0.4 is 9.46 Å². The summed E-state index contributed by atoms with van der Waals surface area (Å²) >= 11 is 0. The lowest BCUT2D eigenvalue weighted by molar-refractivity contribution is 0.138. The molecule has 0 bridgehead atoms. The van der Waals surface area contributed by atoms with Crippen molar-refractivity contribution in [3.05, 3.63) is 35.3 Å². The maximum atomic E-state index is 12.6. The highest BCUT2D eigenvalue weighted by atomic mass is 32.2. The highest BCUT2D eigenvalue weighted by Gasteiger charge is 2.29. The number of nitrogens with zero attached hydrogens (tertiary/aromatic N) is 2. The average Bonchev–Trinajstić information content (AvgIpc) is 2.91. The highest BCUT2D eigenvalue weighted by Crippen LogP contribution is 2.25. The predicted octanol–water partition coefficient (Wildman–Crippen LogP) is 2.40. The quantitative estimate of drug-likeness (QED) is 0.849. The second kappa shape index (κ2) is 7.13. The van der Waals surface area contributed by atoms with E-state index < -0.39 is 10.0 Å². The van der Waals surface area contributed by atoms with Crippen molar-refractivity contribution in [2.75, 3.05) is 0 Å². The van der Waals surface area contributed by atoms with E-state index in [1.54, 1.807) is 20.0 Å². The van der Waals surface area contributed by atoms with Crippen molar-refractivity contribution in [2.45, 2.75) is 63.5 Å². The third-order valence-electron chi connectivity index (χ3n) is 4.50. The van der Waals surface area contributed by atoms with Crippen LogP contribution in [0, 0.1) is 20.8 Å². The van der Waals surface area contributed by atoms with Gasteiger partial charge in [-0.2, -0.15) is 5.10 Å². The summed E-state index contributed by atoms with van der Waals surface area (Å²) in [5, 5.41) is 6.69. The molecule has 0 radical (unpaired) electrons. The second-order valence-electron chi connectivity index (χ2n) is 6.65. The van der Waals surface area contributed by atoms with Crippen LogP contribution in [0.15, 0.2) is 23.2 Å². The number of hydrogen-bond donors (Lipinski definition) is 2. The van der Waals surface area contributed by atoms with Crippen LogP contribution in [0.1, 0.15) is 42.6 Å². The number of sulfonamides is 1. The van der Waals surface area contributed by atoms with Gasteiger partial charge in [0.2, 0.25) is 15.9 Å². The second-order valence-corrected chi connectivity index (χ2v) is 8.30. The monoisotopic (exact) mass is 364 g/mol. The normalized spacial score (nSPS) is 21.2. The molecular weight excluding hydrogens is 340 g/mol. The summed E-state index contributed by atoms with van der Waals surface area (Å²) in [5.74, 6) is 0.624. The summed E-state index contributed by atoms with van der Waals surface area (Å²) in [6.45, 7) is 5.39. The molecule has 2 heterocycles. The van der Waals surface area contributed by atoms with E-state index in [-0.39, 0.29) is 17.0 Å². The lowest BCUT2D eigenvalue weighted by Gasteiger charge is -2.29. The number of aryl methyl sites for hydroxylation is 3. The molecule has 1 fully saturated rings. The van der Waals surface area contributed by atoms with Crippen LogP contribution in [0.3, 0.4) is 0 Å². The van der Waals surface area contributed by atoms with Crippen molar-refractivity contribution in [1.82, 2.24) is 19.9 Å². The molecule has 2 aromatic rings. The molecule has 1 aliphatic carbocycles. The fourth-order valence-electron chi connectivity index (χ4n) is 3.21. The van der Waals surface area contributed by atoms with Gasteiger partial charge in [-0.15, -0.1) is 0 Å². The zero-order valence-electron chi connectivity index (χ0n) is 14.7. The molecule has 8 heteroatoms. The molecule has 1 saturated carbocycles. The van der Waals surface area contributed by atoms with Gasteiger partial charge in [0, 0.05) is 18.3 Å². The van der Waals surface area contributed by atoms with Crippen molar-refractivity contribution in [3.63, 3.8) is 0 Å². The Labute approximate surface area is 148 Å². The largest absolute Gasteiger partial charge is 0.474 e. The number of pyridine rings is 1. The summed E-state index contributed by atoms with van der Waals surface area (Å²) < 4.78 is 33.9. The van der Waals surface area contributed by atoms with Gasteiger partial charge in [-0.25, -0.2) is 18.1 Å². The van der Waals surface area contributed by atoms with Crippen LogP contribution in [0.2, 0.25) is 0 Å². The van der Waals surface area contributed by atoms with Gasteiger partial charge < -0.3 is 4.74 Å². The molecule has 3 rings (SSSR count). The number of aromatic nitrogens is 3. The van der Waals surface area contributed by atoms with Gasteiger partial charge in [-0.05, 0) is 52.0 Å². The number of rotatable bonds is 5. The Kier molecular flexibility index (Phi) is 5.10. The Hall–Kier alpha value is -1.93. The topological polar surface area (TPSA) is 97.0 Å². The van der Waals surface area contributed by atoms with Crippen LogP contribution in [-0.2, 0) is 10.0 Å². The maximum absolute atomic E-state index is 12.6. The zero-order chi connectivity index (χ0) is 18.0. The first-order valence-corrected chi connectivity index (χ1v) is 9.96. The van der Waals surface area contributed by atoms with Crippen molar-refractivity contribution in [3.8, 4) is 5.88 Å². The first kappa shape index (κ1) is 17.9. The SMILES string of the molecule is Cc1ccc(OC2CCC(NS(=O)(=O)c3c(C)n[nH]c3C)CC2)nc1. The van der Waals surface area contributed by atoms with Crippen LogP contribution in [-0.4, -0.2) is 35.7 Å². The number of H-pyrrole nitrogens is 1. The average molecular weight is 364 g/mol. The van der Waals surface area contributed by atoms with E-state index in [0.717, 1.165) is 31.2 Å². The molecule has 0 atom stereocenters. The summed E-state index contributed by atoms with van der Waals surface area (Å²) in [5.41, 5.74) is 2.15. The standard InChI is InChI=1S/C17H24N4O3S/c1-11-4-9-16(18-10-11)24-15-7-5-14(6-8-15)21-25(22,23)17-12(2)19-20-13(17)3/h4,9-10,14-15,21H,5-8H2,1-3H3,(H,19,20). The van der Waals surface area contributed by atoms with Crippen LogP contribution >= 0.6 is 0 Å². The zero-order valence-corrected chi connectivity index (χ0v) is 15.6. The van der Waals surface area contributed by atoms with Gasteiger partial charge in [-0.3, -0.25) is 5.10 Å². The lowest BCUT2D eigenvalue weighted by Crippen LogP contribution is -2.40. The summed E-state index contributed by atoms with van der Waals surface area (Å²) in [4.78, 5) is 4.52. The molecule has 136 valence electrons. The van der Waals surface area contributed by atoms with Gasteiger partial charge >= 0.3 is 0 Å². The van der Waals surface area contributed by atoms with E-state index in [4.69, 9.17) is 4.74 Å². The fourth-order valence-corrected chi connectivity index (χ4v) is 4.88. The number of ether oxygens (including phenoxy) is 1. The molecular formula is C17H24N4O3S. The maximum Gasteiger partial charge on any atom is 0.244 e. The molecule has 0 spiro atoms. The van der Waals surface area contributed by atoms with E-state index in [1.165, 1.54) is 0 Å². The Bertz CT molecular complexity index is 803. The molecule has 0 aliphatic heterocycles. The smallest absolute Gasteiger partial charge is 0.244 e. The van der Waals surface area contributed by atoms with Crippen LogP contribution in [0.5, 0.6) is 5.88 Å². The minimum absolute atomic E-state index is 0.0772. The van der Waals surface area contributed by atoms with Crippen molar-refractivity contribution >= 4 is 10.0 Å². The van der Waals surface area contributed by atoms with Crippen LogP contribution in [0.4, 0.5) is 0 Å². The minimum atomic E-state index is -3.56. The number of nitrogens with one attached hydrogen (secondary N) is 2. The molecule has 0 saturated heterocycles. The van der Waals surface area contributed by atoms with Crippen molar-refractivity contribution < 1.29 is 13.2 Å². The lowest BCUT2D eigenvalue weighted by atomic mass is 9.94. The van der Waals surface area contributed by atoms with E-state index in [1.807, 2.05) is 19.1 Å². The van der Waals surface area contributed by atoms with E-state index in [0.29, 0.717) is 17.3 Å². The van der Waals surface area contributed by atoms with Gasteiger partial charge in [0.1, 0.15) is 11.0 Å². The van der Waals surface area contributed by atoms with Gasteiger partial charge in [0.25, 0.3) is 0 Å². The fraction of sp³-hybridized carbons (Fsp3) is 0.529. The van der Waals surface area contributed by atoms with Gasteiger partial charge in [0.05, 0.1) is 11.4 Å². The molecule has 7 nitrogen and oxygen atoms in total. The summed E-state index contributed by atoms with van der Waals surface area (Å²) in [7, 11) is -3.56. The third kappa shape index (κ3) is 4.19. The van der Waals surface area contributed by atoms with Crippen LogP contribution in [0.25, 0.3) is 0 Å². The molecule has 0 amide bonds. The number of hydrogen-bond acceptors (Lipinski definition) is 5. The Morgan fingerprint density at radius 3 is 2.44 bits per heavy atom. The van der Waals surface area contributed by atoms with Crippen molar-refractivity contribution in [1.29, 1.82) is 0 Å². The Morgan fingerprint density at radius 1 is 1.16 bits per heavy atom. The molecule has 2 N–H and O–H groups in total. The summed E-state index contributed by atoms with van der Waals surface area (Å²) in [6.07, 6.45) is 4.94. The van der Waals surface area contributed by atoms with Gasteiger partial charge in [-0.1, -0.05) is 6.07 Å². The first-order chi connectivity index (χ1) is 11.8. The first-order valence-electron chi connectivity index (χ1n) is 8.48. The molecule has 1 aliphatic rings. The molecule has 0 unspecified atom stereocenters. The number of aromatic amines is 1. The van der Waals surface area contributed by atoms with E-state index in [9.17, 15) is 8.42 Å². The Morgan fingerprint density at radius 2 is 1.88 bits per heavy atom. The molecule has 0 aromatic carbocycles. The Balaban J connectivity index is 1.56. The van der Waals surface area contributed by atoms with E-state index in [2.05, 4.69) is 19.9 Å². The summed E-state index contributed by atoms with van der Waals surface area (Å²) in [6, 6.07) is 3.76. The third-order valence-corrected chi connectivity index (χ3v) is 6.28. The molecule has 25 heavy (non-hydrogen) atoms. The molecule has 2 aromatic heterocycles. The van der Waals surface area contributed by atoms with Gasteiger partial charge in [0.15, 0.2) is 0 Å². The predicted molar refractivity (Wildman–Crippen MR) is 94.0 cm³/mol. The highest BCUT2D eigenvalue weighted by molar-refractivity contribution is 7.89.